The van der Waals surface area contributed by atoms with Gasteiger partial charge in [-0.3, -0.25) is 0 Å². The summed E-state index contributed by atoms with van der Waals surface area (Å²) in [5, 5.41) is 0.640. The predicted octanol–water partition coefficient (Wildman–Crippen LogP) is 3.52. The number of carbonyl (C=O) groups is 1. The Bertz CT molecular complexity index is 746. The molecule has 11 heteroatoms. The van der Waals surface area contributed by atoms with Gasteiger partial charge in [-0.2, -0.15) is 0 Å². The number of nitrogens with one attached hydrogen (secondary N) is 1. The fraction of sp³-hybridized carbons (Fsp3) is 0.438. The molecule has 1 aromatic rings. The molecule has 1 unspecified atom stereocenters. The van der Waals surface area contributed by atoms with Crippen molar-refractivity contribution >= 4 is 26.0 Å². The molecule has 0 heterocycles. The monoisotopic (exact) mass is 463 g/mol. The van der Waals surface area contributed by atoms with Crippen molar-refractivity contribution in [2.75, 3.05) is 0 Å². The molecule has 0 spiro atoms. The van der Waals surface area contributed by atoms with Crippen molar-refractivity contribution in [3.8, 4) is 12.3 Å². The molecule has 0 aliphatic carbocycles. The van der Waals surface area contributed by atoms with Crippen molar-refractivity contribution in [2.45, 2.75) is 42.9 Å². The maximum atomic E-state index is 13.1. The Balaban J connectivity index is 3.28. The van der Waals surface area contributed by atoms with Crippen LogP contribution in [0.25, 0.3) is 0 Å². The van der Waals surface area contributed by atoms with Gasteiger partial charge in [0.25, 0.3) is 0 Å². The molecular weight excluding hydrogens is 449 g/mol. The zero-order chi connectivity index (χ0) is 21.3. The van der Waals surface area contributed by atoms with Gasteiger partial charge in [-0.1, -0.05) is 0 Å². The third kappa shape index (κ3) is 6.13. The van der Waals surface area contributed by atoms with Crippen molar-refractivity contribution in [2.24, 2.45) is 0 Å². The van der Waals surface area contributed by atoms with E-state index in [1.165, 1.54) is 13.8 Å². The van der Waals surface area contributed by atoms with E-state index in [2.05, 4.69) is 11.2 Å². The number of carbonyl (C=O) groups excluding carboxylic acids is 1. The van der Waals surface area contributed by atoms with Crippen LogP contribution in [-0.2, 0) is 6.18 Å². The van der Waals surface area contributed by atoms with Crippen molar-refractivity contribution in [1.29, 1.82) is 0 Å². The Morgan fingerprint density at radius 2 is 1.67 bits per heavy atom. The molecule has 27 heavy (non-hydrogen) atoms. The van der Waals surface area contributed by atoms with E-state index in [1.54, 1.807) is 0 Å². The second-order valence-corrected chi connectivity index (χ2v) is 8.65. The summed E-state index contributed by atoms with van der Waals surface area (Å²) in [6.45, 7) is 2.73. The molecule has 1 amide bonds. The summed E-state index contributed by atoms with van der Waals surface area (Å²) in [4.78, 5) is 12.3. The summed E-state index contributed by atoms with van der Waals surface area (Å²) >= 11 is -2.29. The molecule has 0 saturated heterocycles. The Morgan fingerprint density at radius 3 is 2.11 bits per heavy atom. The molecule has 150 valence electrons. The first kappa shape index (κ1) is 23.3. The molecule has 0 fully saturated rings. The maximum absolute atomic E-state index is 13.1. The summed E-state index contributed by atoms with van der Waals surface area (Å²) in [6.07, 6.45) is -5.44. The third-order valence-corrected chi connectivity index (χ3v) is 6.31. The molecule has 0 bridgehead atoms. The van der Waals surface area contributed by atoms with Crippen molar-refractivity contribution < 1.29 is 39.9 Å². The van der Waals surface area contributed by atoms with Gasteiger partial charge in [-0.15, -0.1) is 0 Å². The topological polar surface area (TPSA) is 29.1 Å². The van der Waals surface area contributed by atoms with Gasteiger partial charge >= 0.3 is 156 Å². The van der Waals surface area contributed by atoms with Crippen LogP contribution in [-0.4, -0.2) is 39.3 Å². The number of amides is 1. The second-order valence-electron chi connectivity index (χ2n) is 6.04. The first-order valence-corrected chi connectivity index (χ1v) is 9.73. The fourth-order valence-corrected chi connectivity index (χ4v) is 4.25. The minimum atomic E-state index is -5.78. The van der Waals surface area contributed by atoms with Gasteiger partial charge in [-0.25, -0.2) is 0 Å². The van der Waals surface area contributed by atoms with Crippen molar-refractivity contribution in [3.63, 3.8) is 0 Å². The van der Waals surface area contributed by atoms with Crippen LogP contribution >= 0.6 is 0 Å². The first-order valence-electron chi connectivity index (χ1n) is 7.20. The predicted molar refractivity (Wildman–Crippen MR) is 84.4 cm³/mol. The van der Waals surface area contributed by atoms with Crippen LogP contribution in [0.2, 0.25) is 5.21 Å². The molecule has 1 aromatic carbocycles. The van der Waals surface area contributed by atoms with E-state index in [0.717, 1.165) is 6.07 Å². The zero-order valence-electron chi connectivity index (χ0n) is 13.9. The van der Waals surface area contributed by atoms with Crippen LogP contribution in [0.5, 0.6) is 0 Å². The van der Waals surface area contributed by atoms with Crippen LogP contribution < -0.4 is 9.67 Å². The molecule has 0 radical (unpaired) electrons. The van der Waals surface area contributed by atoms with Gasteiger partial charge < -0.3 is 0 Å². The van der Waals surface area contributed by atoms with Crippen LogP contribution in [0.4, 0.5) is 35.1 Å². The van der Waals surface area contributed by atoms with Crippen LogP contribution in [0.15, 0.2) is 18.2 Å². The molecule has 0 aliphatic rings. The Morgan fingerprint density at radius 1 is 1.11 bits per heavy atom. The zero-order valence-corrected chi connectivity index (χ0v) is 16.0. The number of halogens is 8. The van der Waals surface area contributed by atoms with E-state index in [0.29, 0.717) is 12.1 Å². The molecule has 0 aliphatic heterocycles. The number of hydrogen-bond donors (Lipinski definition) is 1. The van der Waals surface area contributed by atoms with E-state index < -0.39 is 61.8 Å². The van der Waals surface area contributed by atoms with Crippen LogP contribution in [0.1, 0.15) is 29.8 Å². The molecule has 0 saturated carbocycles. The Hall–Kier alpha value is -1.75. The van der Waals surface area contributed by atoms with Gasteiger partial charge in [0, 0.05) is 0 Å². The molecule has 2 nitrogen and oxygen atoms in total. The summed E-state index contributed by atoms with van der Waals surface area (Å²) in [6, 6.07) is 1.72. The minimum absolute atomic E-state index is 0.266. The van der Waals surface area contributed by atoms with Crippen molar-refractivity contribution in [1.82, 2.24) is 5.32 Å². The van der Waals surface area contributed by atoms with E-state index in [9.17, 15) is 39.9 Å². The van der Waals surface area contributed by atoms with E-state index in [-0.39, 0.29) is 4.35 Å². The number of hydrogen-bond acceptors (Lipinski definition) is 1. The summed E-state index contributed by atoms with van der Waals surface area (Å²) in [7, 11) is 0. The Labute approximate surface area is 156 Å². The number of alkyl halides is 8. The summed E-state index contributed by atoms with van der Waals surface area (Å²) in [5.41, 5.74) is -3.12. The second kappa shape index (κ2) is 7.70. The van der Waals surface area contributed by atoms with Gasteiger partial charge in [0.15, 0.2) is 0 Å². The summed E-state index contributed by atoms with van der Waals surface area (Å²) in [5.74, 6) is -3.91. The normalized spacial score (nSPS) is 13.7. The quantitative estimate of drug-likeness (QED) is 0.405. The van der Waals surface area contributed by atoms with E-state index in [1.807, 2.05) is 0 Å². The Kier molecular flexibility index (Phi) is 6.64. The fourth-order valence-electron chi connectivity index (χ4n) is 1.76. The van der Waals surface area contributed by atoms with Gasteiger partial charge in [-0.05, 0) is 0 Å². The van der Waals surface area contributed by atoms with Gasteiger partial charge in [0.1, 0.15) is 0 Å². The molecule has 1 rings (SSSR count). The van der Waals surface area contributed by atoms with E-state index in [4.69, 9.17) is 6.42 Å². The molecule has 1 N–H and O–H groups in total. The third-order valence-electron chi connectivity index (χ3n) is 3.29. The average Bonchev–Trinajstić information content (AvgIpc) is 2.50. The SMILES string of the molecule is C#CC(C)(C)NC(=O)c1cc(C(F)(F)F)ccc1[AsH]CC(F)(F)C(F)(F)F. The molecule has 0 aromatic heterocycles. The summed E-state index contributed by atoms with van der Waals surface area (Å²) < 4.78 is 102. The first-order chi connectivity index (χ1) is 12.0. The molecule has 1 atom stereocenters. The van der Waals surface area contributed by atoms with Gasteiger partial charge in [0.2, 0.25) is 0 Å². The molecular formula is C16H14AsF8NO. The number of terminal acetylenes is 1. The van der Waals surface area contributed by atoms with E-state index >= 15 is 0 Å². The average molecular weight is 463 g/mol. The standard InChI is InChI=1S/C16H14AsF8NO/c1-4-13(2,3)26-12(27)10-7-9(15(20,21)22)5-6-11(10)17-8-14(18,19)16(23,24)25/h1,5-7,17H,8H2,2-3H3,(H,26,27). The van der Waals surface area contributed by atoms with Crippen LogP contribution in [0.3, 0.4) is 0 Å². The van der Waals surface area contributed by atoms with Crippen molar-refractivity contribution in [3.05, 3.63) is 29.3 Å². The number of rotatable bonds is 5. The number of benzene rings is 1. The van der Waals surface area contributed by atoms with Crippen LogP contribution in [0, 0.1) is 12.3 Å². The van der Waals surface area contributed by atoms with Gasteiger partial charge in [0.05, 0.1) is 0 Å².